The molecule has 2 aromatic rings. The molecule has 6 nitrogen and oxygen atoms in total. The van der Waals surface area contributed by atoms with Gasteiger partial charge in [-0.3, -0.25) is 9.36 Å². The quantitative estimate of drug-likeness (QED) is 0.382. The number of carboxylic acid groups (broad SMARTS) is 1. The fourth-order valence-corrected chi connectivity index (χ4v) is 4.11. The number of hydrogen-bond donors (Lipinski definition) is 1. The smallest absolute Gasteiger partial charge is 0.372 e. The predicted octanol–water partition coefficient (Wildman–Crippen LogP) is 3.86. The predicted molar refractivity (Wildman–Crippen MR) is 109 cm³/mol. The number of fused-ring (bicyclic) bond motifs is 1. The van der Waals surface area contributed by atoms with Crippen LogP contribution in [0.2, 0.25) is 25.7 Å². The highest BCUT2D eigenvalue weighted by molar-refractivity contribution is 9.08. The number of halogens is 1. The van der Waals surface area contributed by atoms with Crippen LogP contribution in [-0.4, -0.2) is 35.3 Å². The number of nitrogens with zero attached hydrogens (tertiary/aromatic N) is 2. The first-order valence-electron chi connectivity index (χ1n) is 8.62. The molecule has 142 valence electrons. The van der Waals surface area contributed by atoms with E-state index in [1.807, 2.05) is 13.0 Å². The third kappa shape index (κ3) is 4.60. The molecular formula is C18H25BrN2O4Si. The van der Waals surface area contributed by atoms with Crippen LogP contribution in [0.25, 0.3) is 10.9 Å². The van der Waals surface area contributed by atoms with Gasteiger partial charge in [0.15, 0.2) is 0 Å². The van der Waals surface area contributed by atoms with Crippen LogP contribution in [0.3, 0.4) is 0 Å². The van der Waals surface area contributed by atoms with E-state index in [1.54, 1.807) is 6.07 Å². The van der Waals surface area contributed by atoms with Crippen LogP contribution in [0.5, 0.6) is 0 Å². The monoisotopic (exact) mass is 440 g/mol. The maximum absolute atomic E-state index is 13.1. The summed E-state index contributed by atoms with van der Waals surface area (Å²) in [4.78, 5) is 28.9. The molecule has 0 saturated heterocycles. The summed E-state index contributed by atoms with van der Waals surface area (Å²) in [6.45, 7) is 9.11. The average Bonchev–Trinajstić information content (AvgIpc) is 2.57. The Morgan fingerprint density at radius 3 is 2.58 bits per heavy atom. The van der Waals surface area contributed by atoms with Gasteiger partial charge in [-0.2, -0.15) is 0 Å². The first-order chi connectivity index (χ1) is 12.2. The summed E-state index contributed by atoms with van der Waals surface area (Å²) >= 11 is 3.44. The standard InChI is InChI=1S/C18H25BrN2O4Si/c1-5-12-6-7-14-15(13(12)10-19)17(22)21(16(20-14)18(23)24)11-25-8-9-26(2,3)4/h6-7H,5,8-11H2,1-4H3,(H,23,24). The van der Waals surface area contributed by atoms with Gasteiger partial charge in [-0.15, -0.1) is 0 Å². The summed E-state index contributed by atoms with van der Waals surface area (Å²) in [5.41, 5.74) is 1.93. The number of aryl methyl sites for hydroxylation is 1. The molecule has 0 aliphatic heterocycles. The highest BCUT2D eigenvalue weighted by Gasteiger charge is 2.20. The van der Waals surface area contributed by atoms with Crippen molar-refractivity contribution in [3.8, 4) is 0 Å². The van der Waals surface area contributed by atoms with Crippen molar-refractivity contribution >= 4 is 40.9 Å². The molecule has 0 radical (unpaired) electrons. The Bertz CT molecular complexity index is 874. The fraction of sp³-hybridized carbons (Fsp3) is 0.500. The van der Waals surface area contributed by atoms with Crippen LogP contribution in [0.4, 0.5) is 0 Å². The topological polar surface area (TPSA) is 81.4 Å². The number of hydrogen-bond acceptors (Lipinski definition) is 4. The second-order valence-electron chi connectivity index (χ2n) is 7.41. The summed E-state index contributed by atoms with van der Waals surface area (Å²) in [7, 11) is -1.27. The van der Waals surface area contributed by atoms with E-state index in [0.717, 1.165) is 28.2 Å². The molecule has 26 heavy (non-hydrogen) atoms. The van der Waals surface area contributed by atoms with E-state index in [2.05, 4.69) is 40.6 Å². The molecule has 0 aliphatic carbocycles. The minimum atomic E-state index is -1.27. The van der Waals surface area contributed by atoms with Crippen LogP contribution in [0.15, 0.2) is 16.9 Å². The molecule has 0 bridgehead atoms. The third-order valence-corrected chi connectivity index (χ3v) is 6.52. The van der Waals surface area contributed by atoms with Crippen molar-refractivity contribution in [2.75, 3.05) is 6.61 Å². The summed E-state index contributed by atoms with van der Waals surface area (Å²) in [6.07, 6.45) is 0.781. The van der Waals surface area contributed by atoms with Crippen LogP contribution >= 0.6 is 15.9 Å². The Kier molecular flexibility index (Phi) is 6.76. The lowest BCUT2D eigenvalue weighted by atomic mass is 10.0. The van der Waals surface area contributed by atoms with Crippen molar-refractivity contribution < 1.29 is 14.6 Å². The minimum absolute atomic E-state index is 0.105. The summed E-state index contributed by atoms with van der Waals surface area (Å²) < 4.78 is 6.75. The number of aromatic carboxylic acids is 1. The highest BCUT2D eigenvalue weighted by atomic mass is 79.9. The van der Waals surface area contributed by atoms with Gasteiger partial charge in [-0.25, -0.2) is 9.78 Å². The molecule has 0 saturated carbocycles. The molecule has 2 rings (SSSR count). The lowest BCUT2D eigenvalue weighted by Gasteiger charge is -2.17. The number of benzene rings is 1. The second kappa shape index (κ2) is 8.45. The Hall–Kier alpha value is -1.51. The van der Waals surface area contributed by atoms with Crippen molar-refractivity contribution in [1.82, 2.24) is 9.55 Å². The summed E-state index contributed by atoms with van der Waals surface area (Å²) in [6, 6.07) is 4.55. The van der Waals surface area contributed by atoms with Gasteiger partial charge in [0.25, 0.3) is 5.56 Å². The molecule has 0 unspecified atom stereocenters. The first-order valence-corrected chi connectivity index (χ1v) is 13.4. The second-order valence-corrected chi connectivity index (χ2v) is 13.6. The zero-order valence-electron chi connectivity index (χ0n) is 15.6. The number of aromatic nitrogens is 2. The van der Waals surface area contributed by atoms with Gasteiger partial charge in [-0.1, -0.05) is 48.6 Å². The van der Waals surface area contributed by atoms with Gasteiger partial charge in [0.05, 0.1) is 10.9 Å². The number of alkyl halides is 1. The van der Waals surface area contributed by atoms with Crippen molar-refractivity contribution in [1.29, 1.82) is 0 Å². The van der Waals surface area contributed by atoms with E-state index in [4.69, 9.17) is 4.74 Å². The van der Waals surface area contributed by atoms with E-state index >= 15 is 0 Å². The van der Waals surface area contributed by atoms with E-state index < -0.39 is 14.0 Å². The zero-order valence-corrected chi connectivity index (χ0v) is 18.2. The van der Waals surface area contributed by atoms with E-state index in [0.29, 0.717) is 22.8 Å². The highest BCUT2D eigenvalue weighted by Crippen LogP contribution is 2.22. The maximum Gasteiger partial charge on any atom is 0.372 e. The Morgan fingerprint density at radius 1 is 1.35 bits per heavy atom. The molecular weight excluding hydrogens is 416 g/mol. The lowest BCUT2D eigenvalue weighted by molar-refractivity contribution is 0.0599. The van der Waals surface area contributed by atoms with Gasteiger partial charge >= 0.3 is 5.97 Å². The maximum atomic E-state index is 13.1. The van der Waals surface area contributed by atoms with Crippen LogP contribution in [-0.2, 0) is 23.2 Å². The Balaban J connectivity index is 2.52. The number of carboxylic acids is 1. The van der Waals surface area contributed by atoms with Gasteiger partial charge < -0.3 is 9.84 Å². The van der Waals surface area contributed by atoms with Crippen LogP contribution < -0.4 is 5.56 Å². The van der Waals surface area contributed by atoms with E-state index in [1.165, 1.54) is 0 Å². The molecule has 1 heterocycles. The normalized spacial score (nSPS) is 11.9. The largest absolute Gasteiger partial charge is 0.475 e. The fourth-order valence-electron chi connectivity index (χ4n) is 2.72. The number of rotatable bonds is 8. The van der Waals surface area contributed by atoms with E-state index in [9.17, 15) is 14.7 Å². The molecule has 0 atom stereocenters. The van der Waals surface area contributed by atoms with Crippen LogP contribution in [0, 0.1) is 0 Å². The lowest BCUT2D eigenvalue weighted by Crippen LogP contribution is -2.30. The van der Waals surface area contributed by atoms with Crippen molar-refractivity contribution in [3.05, 3.63) is 39.4 Å². The molecule has 1 aromatic carbocycles. The summed E-state index contributed by atoms with van der Waals surface area (Å²) in [5, 5.41) is 10.4. The van der Waals surface area contributed by atoms with E-state index in [-0.39, 0.29) is 18.1 Å². The first kappa shape index (κ1) is 20.8. The molecule has 0 amide bonds. The SMILES string of the molecule is CCc1ccc2nc(C(=O)O)n(COCC[Si](C)(C)C)c(=O)c2c1CBr. The summed E-state index contributed by atoms with van der Waals surface area (Å²) in [5.74, 6) is -1.53. The van der Waals surface area contributed by atoms with Gasteiger partial charge in [0.2, 0.25) is 5.82 Å². The molecule has 0 fully saturated rings. The molecule has 1 aromatic heterocycles. The number of carbonyl (C=O) groups is 1. The Morgan fingerprint density at radius 2 is 2.04 bits per heavy atom. The minimum Gasteiger partial charge on any atom is -0.475 e. The third-order valence-electron chi connectivity index (χ3n) is 4.25. The van der Waals surface area contributed by atoms with Gasteiger partial charge in [0, 0.05) is 20.0 Å². The molecule has 1 N–H and O–H groups in total. The molecule has 8 heteroatoms. The van der Waals surface area contributed by atoms with Gasteiger partial charge in [-0.05, 0) is 29.7 Å². The Labute approximate surface area is 162 Å². The number of ether oxygens (including phenoxy) is 1. The van der Waals surface area contributed by atoms with Crippen molar-refractivity contribution in [2.45, 2.75) is 51.1 Å². The average molecular weight is 441 g/mol. The molecule has 0 spiro atoms. The van der Waals surface area contributed by atoms with Crippen molar-refractivity contribution in [2.24, 2.45) is 0 Å². The van der Waals surface area contributed by atoms with Crippen LogP contribution in [0.1, 0.15) is 28.7 Å². The van der Waals surface area contributed by atoms with Crippen molar-refractivity contribution in [3.63, 3.8) is 0 Å². The van der Waals surface area contributed by atoms with Gasteiger partial charge in [0.1, 0.15) is 6.73 Å². The zero-order chi connectivity index (χ0) is 19.5. The molecule has 0 aliphatic rings.